The number of ether oxygens (including phenoxy) is 5. The summed E-state index contributed by atoms with van der Waals surface area (Å²) in [5, 5.41) is 6.08. The molecule has 0 spiro atoms. The largest absolute Gasteiger partial charge is 0.497 e. The smallest absolute Gasteiger partial charge is 0.262 e. The fourth-order valence-electron chi connectivity index (χ4n) is 4.75. The first kappa shape index (κ1) is 30.3. The van der Waals surface area contributed by atoms with Crippen molar-refractivity contribution < 1.29 is 37.7 Å². The van der Waals surface area contributed by atoms with Crippen LogP contribution in [0.2, 0.25) is 0 Å². The van der Waals surface area contributed by atoms with Gasteiger partial charge in [-0.1, -0.05) is 18.2 Å². The van der Waals surface area contributed by atoms with E-state index in [1.54, 1.807) is 51.7 Å². The third-order valence-corrected chi connectivity index (χ3v) is 6.96. The highest BCUT2D eigenvalue weighted by Gasteiger charge is 2.36. The van der Waals surface area contributed by atoms with E-state index in [-0.39, 0.29) is 25.3 Å². The van der Waals surface area contributed by atoms with Crippen molar-refractivity contribution in [2.45, 2.75) is 12.5 Å². The molecule has 3 aromatic rings. The van der Waals surface area contributed by atoms with Crippen LogP contribution in [-0.2, 0) is 9.53 Å². The predicted octanol–water partition coefficient (Wildman–Crippen LogP) is 4.33. The number of hydrogen-bond donors (Lipinski definition) is 0. The number of carbonyl (C=O) groups excluding carboxylic acids is 2. The monoisotopic (exact) mass is 579 g/mol. The highest BCUT2D eigenvalue weighted by atomic mass is 19.1. The molecule has 0 aliphatic carbocycles. The van der Waals surface area contributed by atoms with Crippen LogP contribution in [0.15, 0.2) is 65.8 Å². The van der Waals surface area contributed by atoms with Gasteiger partial charge in [0, 0.05) is 31.7 Å². The summed E-state index contributed by atoms with van der Waals surface area (Å²) in [6.45, 7) is -0.117. The Morgan fingerprint density at radius 1 is 0.905 bits per heavy atom. The molecule has 42 heavy (non-hydrogen) atoms. The van der Waals surface area contributed by atoms with Gasteiger partial charge in [-0.2, -0.15) is 5.10 Å². The summed E-state index contributed by atoms with van der Waals surface area (Å²) in [4.78, 5) is 28.5. The number of amides is 2. The van der Waals surface area contributed by atoms with Crippen molar-refractivity contribution in [3.05, 3.63) is 83.2 Å². The number of rotatable bonds is 12. The van der Waals surface area contributed by atoms with Crippen molar-refractivity contribution in [2.24, 2.45) is 5.10 Å². The van der Waals surface area contributed by atoms with Crippen LogP contribution >= 0.6 is 0 Å². The molecule has 0 fully saturated rings. The summed E-state index contributed by atoms with van der Waals surface area (Å²) in [6, 6.07) is 15.9. The van der Waals surface area contributed by atoms with E-state index in [0.717, 1.165) is 5.56 Å². The molecule has 10 nitrogen and oxygen atoms in total. The van der Waals surface area contributed by atoms with Crippen LogP contribution in [0.3, 0.4) is 0 Å². The van der Waals surface area contributed by atoms with E-state index < -0.39 is 23.7 Å². The molecule has 0 N–H and O–H groups in total. The second-order valence-electron chi connectivity index (χ2n) is 9.38. The Morgan fingerprint density at radius 2 is 1.64 bits per heavy atom. The van der Waals surface area contributed by atoms with E-state index in [4.69, 9.17) is 28.8 Å². The maximum absolute atomic E-state index is 14.5. The Bertz CT molecular complexity index is 1460. The molecular weight excluding hydrogens is 545 g/mol. The molecule has 1 unspecified atom stereocenters. The summed E-state index contributed by atoms with van der Waals surface area (Å²) in [7, 11) is 7.67. The lowest BCUT2D eigenvalue weighted by Crippen LogP contribution is -2.43. The Labute approximate surface area is 244 Å². The van der Waals surface area contributed by atoms with Crippen LogP contribution in [0.25, 0.3) is 0 Å². The molecule has 0 saturated carbocycles. The number of nitrogens with zero attached hydrogens (tertiary/aromatic N) is 3. The first-order valence-corrected chi connectivity index (χ1v) is 13.2. The number of halogens is 1. The topological polar surface area (TPSA) is 99.1 Å². The van der Waals surface area contributed by atoms with Gasteiger partial charge in [-0.05, 0) is 42.0 Å². The quantitative estimate of drug-likeness (QED) is 0.315. The zero-order valence-electron chi connectivity index (χ0n) is 24.3. The van der Waals surface area contributed by atoms with Gasteiger partial charge in [-0.25, -0.2) is 9.40 Å². The van der Waals surface area contributed by atoms with Gasteiger partial charge in [-0.3, -0.25) is 9.59 Å². The van der Waals surface area contributed by atoms with Gasteiger partial charge in [0.2, 0.25) is 0 Å². The zero-order valence-corrected chi connectivity index (χ0v) is 24.3. The maximum Gasteiger partial charge on any atom is 0.262 e. The van der Waals surface area contributed by atoms with Crippen molar-refractivity contribution in [1.29, 1.82) is 0 Å². The summed E-state index contributed by atoms with van der Waals surface area (Å²) >= 11 is 0. The molecule has 0 aromatic heterocycles. The molecular formula is C31H34FN3O7. The summed E-state index contributed by atoms with van der Waals surface area (Å²) in [5.41, 5.74) is 1.91. The lowest BCUT2D eigenvalue weighted by molar-refractivity contribution is -0.133. The number of hydrogen-bond acceptors (Lipinski definition) is 8. The molecule has 1 heterocycles. The molecule has 3 aromatic carbocycles. The van der Waals surface area contributed by atoms with E-state index >= 15 is 0 Å². The third kappa shape index (κ3) is 6.46. The van der Waals surface area contributed by atoms with E-state index in [2.05, 4.69) is 0 Å². The molecule has 4 rings (SSSR count). The molecule has 1 atom stereocenters. The van der Waals surface area contributed by atoms with Crippen LogP contribution < -0.4 is 18.9 Å². The van der Waals surface area contributed by atoms with Crippen molar-refractivity contribution in [3.8, 4) is 23.0 Å². The lowest BCUT2D eigenvalue weighted by atomic mass is 9.97. The van der Waals surface area contributed by atoms with E-state index in [9.17, 15) is 14.0 Å². The average Bonchev–Trinajstić information content (AvgIpc) is 3.47. The first-order valence-electron chi connectivity index (χ1n) is 13.2. The standard InChI is InChI=1S/C31H34FN3O7/c1-38-15-14-34(31(37)22-8-6-7-9-24(22)32)19-30(36)35-26(20-10-13-27(40-3)29(16-20)42-5)18-25(33-35)23-12-11-21(39-2)17-28(23)41-4/h6-13,16-17,26H,14-15,18-19H2,1-5H3. The number of benzene rings is 3. The minimum absolute atomic E-state index is 0.0765. The Hall–Kier alpha value is -4.64. The minimum Gasteiger partial charge on any atom is -0.497 e. The summed E-state index contributed by atoms with van der Waals surface area (Å²) in [6.07, 6.45) is 0.350. The Kier molecular flexibility index (Phi) is 9.98. The fraction of sp³-hybridized carbons (Fsp3) is 0.323. The van der Waals surface area contributed by atoms with Crippen molar-refractivity contribution in [3.63, 3.8) is 0 Å². The van der Waals surface area contributed by atoms with E-state index in [1.807, 2.05) is 12.1 Å². The fourth-order valence-corrected chi connectivity index (χ4v) is 4.75. The molecule has 2 amide bonds. The minimum atomic E-state index is -0.673. The molecule has 1 aliphatic rings. The van der Waals surface area contributed by atoms with Crippen LogP contribution in [0.4, 0.5) is 4.39 Å². The van der Waals surface area contributed by atoms with Crippen LogP contribution in [0.1, 0.15) is 33.9 Å². The molecule has 11 heteroatoms. The number of methoxy groups -OCH3 is 5. The average molecular weight is 580 g/mol. The highest BCUT2D eigenvalue weighted by Crippen LogP contribution is 2.39. The molecule has 222 valence electrons. The van der Waals surface area contributed by atoms with Gasteiger partial charge < -0.3 is 28.6 Å². The van der Waals surface area contributed by atoms with Crippen LogP contribution in [-0.4, -0.2) is 82.7 Å². The highest BCUT2D eigenvalue weighted by molar-refractivity contribution is 6.05. The second kappa shape index (κ2) is 13.8. The molecule has 0 radical (unpaired) electrons. The predicted molar refractivity (Wildman–Crippen MR) is 154 cm³/mol. The van der Waals surface area contributed by atoms with Gasteiger partial charge in [0.05, 0.1) is 52.4 Å². The Balaban J connectivity index is 1.72. The molecule has 0 bridgehead atoms. The summed E-state index contributed by atoms with van der Waals surface area (Å²) < 4.78 is 41.5. The number of carbonyl (C=O) groups is 2. The normalized spacial score (nSPS) is 14.3. The maximum atomic E-state index is 14.5. The van der Waals surface area contributed by atoms with Crippen LogP contribution in [0, 0.1) is 5.82 Å². The zero-order chi connectivity index (χ0) is 30.2. The molecule has 0 saturated heterocycles. The van der Waals surface area contributed by atoms with Gasteiger partial charge in [0.25, 0.3) is 11.8 Å². The summed E-state index contributed by atoms with van der Waals surface area (Å²) in [5.74, 6) is 0.419. The van der Waals surface area contributed by atoms with Crippen molar-refractivity contribution in [2.75, 3.05) is 55.2 Å². The first-order chi connectivity index (χ1) is 20.3. The van der Waals surface area contributed by atoms with Gasteiger partial charge >= 0.3 is 0 Å². The Morgan fingerprint density at radius 3 is 2.31 bits per heavy atom. The number of hydrazone groups is 1. The van der Waals surface area contributed by atoms with Crippen molar-refractivity contribution in [1.82, 2.24) is 9.91 Å². The van der Waals surface area contributed by atoms with Gasteiger partial charge in [0.15, 0.2) is 11.5 Å². The molecule has 1 aliphatic heterocycles. The SMILES string of the molecule is COCCN(CC(=O)N1N=C(c2ccc(OC)cc2OC)CC1c1ccc(OC)c(OC)c1)C(=O)c1ccccc1F. The second-order valence-corrected chi connectivity index (χ2v) is 9.38. The van der Waals surface area contributed by atoms with Crippen molar-refractivity contribution >= 4 is 17.5 Å². The van der Waals surface area contributed by atoms with E-state index in [1.165, 1.54) is 42.3 Å². The third-order valence-electron chi connectivity index (χ3n) is 6.96. The lowest BCUT2D eigenvalue weighted by Gasteiger charge is -2.27. The van der Waals surface area contributed by atoms with Gasteiger partial charge in [-0.15, -0.1) is 0 Å². The van der Waals surface area contributed by atoms with E-state index in [0.29, 0.717) is 40.7 Å². The van der Waals surface area contributed by atoms with Gasteiger partial charge in [0.1, 0.15) is 23.9 Å². The van der Waals surface area contributed by atoms with Crippen LogP contribution in [0.5, 0.6) is 23.0 Å².